The molecule has 0 radical (unpaired) electrons. The van der Waals surface area contributed by atoms with E-state index >= 15 is 0 Å². The molecule has 0 amide bonds. The summed E-state index contributed by atoms with van der Waals surface area (Å²) in [6.07, 6.45) is 5.01. The maximum Gasteiger partial charge on any atom is 0.279 e. The lowest BCUT2D eigenvalue weighted by Gasteiger charge is -2.42. The first-order valence-corrected chi connectivity index (χ1v) is 11.0. The SMILES string of the molecule is C=Cc1cnc(OCCC)c(-c2nc3c(CC)n(C4CN(C(C)C)C4)nc3c(=O)[nH]2)c1. The Balaban J connectivity index is 1.81. The summed E-state index contributed by atoms with van der Waals surface area (Å²) in [7, 11) is 0. The Kier molecular flexibility index (Phi) is 5.91. The number of aromatic nitrogens is 5. The third kappa shape index (κ3) is 3.87. The van der Waals surface area contributed by atoms with Crippen LogP contribution in [0.25, 0.3) is 28.5 Å². The second-order valence-electron chi connectivity index (χ2n) is 8.23. The summed E-state index contributed by atoms with van der Waals surface area (Å²) >= 11 is 0. The highest BCUT2D eigenvalue weighted by Gasteiger charge is 2.33. The zero-order valence-electron chi connectivity index (χ0n) is 18.7. The predicted molar refractivity (Wildman–Crippen MR) is 122 cm³/mol. The van der Waals surface area contributed by atoms with Gasteiger partial charge in [-0.2, -0.15) is 5.10 Å². The lowest BCUT2D eigenvalue weighted by molar-refractivity contribution is 0.0663. The molecule has 0 spiro atoms. The highest BCUT2D eigenvalue weighted by atomic mass is 16.5. The minimum Gasteiger partial charge on any atom is -0.477 e. The normalized spacial score (nSPS) is 14.9. The Bertz CT molecular complexity index is 1160. The zero-order valence-corrected chi connectivity index (χ0v) is 18.7. The Morgan fingerprint density at radius 1 is 1.32 bits per heavy atom. The van der Waals surface area contributed by atoms with Crippen LogP contribution in [0.4, 0.5) is 0 Å². The number of pyridine rings is 1. The molecule has 1 aliphatic heterocycles. The van der Waals surface area contributed by atoms with Gasteiger partial charge in [0.2, 0.25) is 5.88 Å². The van der Waals surface area contributed by atoms with Gasteiger partial charge in [-0.15, -0.1) is 0 Å². The first kappa shape index (κ1) is 21.2. The van der Waals surface area contributed by atoms with Crippen molar-refractivity contribution in [3.05, 3.63) is 40.5 Å². The van der Waals surface area contributed by atoms with Crippen molar-refractivity contribution in [3.63, 3.8) is 0 Å². The van der Waals surface area contributed by atoms with E-state index in [1.165, 1.54) is 0 Å². The molecule has 0 aliphatic carbocycles. The van der Waals surface area contributed by atoms with Crippen LogP contribution in [0.3, 0.4) is 0 Å². The van der Waals surface area contributed by atoms with Crippen LogP contribution >= 0.6 is 0 Å². The van der Waals surface area contributed by atoms with E-state index in [-0.39, 0.29) is 11.6 Å². The molecule has 1 fully saturated rings. The number of rotatable bonds is 8. The molecule has 1 N–H and O–H groups in total. The van der Waals surface area contributed by atoms with E-state index in [1.54, 1.807) is 12.3 Å². The fourth-order valence-corrected chi connectivity index (χ4v) is 3.92. The van der Waals surface area contributed by atoms with E-state index in [2.05, 4.69) is 47.3 Å². The fourth-order valence-electron chi connectivity index (χ4n) is 3.92. The number of H-pyrrole nitrogens is 1. The van der Waals surface area contributed by atoms with Crippen molar-refractivity contribution in [1.29, 1.82) is 0 Å². The highest BCUT2D eigenvalue weighted by Crippen LogP contribution is 2.30. The molecule has 0 bridgehead atoms. The van der Waals surface area contributed by atoms with E-state index in [1.807, 2.05) is 17.7 Å². The van der Waals surface area contributed by atoms with Crippen LogP contribution in [-0.4, -0.2) is 55.4 Å². The van der Waals surface area contributed by atoms with E-state index in [0.717, 1.165) is 37.2 Å². The second kappa shape index (κ2) is 8.63. The second-order valence-corrected chi connectivity index (χ2v) is 8.23. The lowest BCUT2D eigenvalue weighted by atomic mass is 10.1. The van der Waals surface area contributed by atoms with E-state index in [0.29, 0.717) is 40.9 Å². The van der Waals surface area contributed by atoms with Gasteiger partial charge in [0.1, 0.15) is 11.3 Å². The molecule has 31 heavy (non-hydrogen) atoms. The third-order valence-corrected chi connectivity index (χ3v) is 5.76. The maximum absolute atomic E-state index is 13.0. The Morgan fingerprint density at radius 2 is 2.10 bits per heavy atom. The molecular formula is C23H30N6O2. The molecule has 0 atom stereocenters. The zero-order chi connectivity index (χ0) is 22.1. The fraction of sp³-hybridized carbons (Fsp3) is 0.478. The van der Waals surface area contributed by atoms with E-state index < -0.39 is 0 Å². The van der Waals surface area contributed by atoms with Crippen molar-refractivity contribution in [3.8, 4) is 17.3 Å². The summed E-state index contributed by atoms with van der Waals surface area (Å²) in [5, 5.41) is 4.66. The Labute approximate surface area is 182 Å². The molecule has 4 heterocycles. The van der Waals surface area contributed by atoms with Crippen molar-refractivity contribution in [2.24, 2.45) is 0 Å². The van der Waals surface area contributed by atoms with Crippen LogP contribution < -0.4 is 10.3 Å². The minimum atomic E-state index is -0.251. The summed E-state index contributed by atoms with van der Waals surface area (Å²) < 4.78 is 7.82. The highest BCUT2D eigenvalue weighted by molar-refractivity contribution is 5.79. The van der Waals surface area contributed by atoms with Crippen molar-refractivity contribution in [1.82, 2.24) is 29.6 Å². The molecule has 3 aromatic heterocycles. The summed E-state index contributed by atoms with van der Waals surface area (Å²) in [4.78, 5) is 27.5. The van der Waals surface area contributed by atoms with E-state index in [9.17, 15) is 4.79 Å². The van der Waals surface area contributed by atoms with Crippen LogP contribution in [-0.2, 0) is 6.42 Å². The van der Waals surface area contributed by atoms with Gasteiger partial charge >= 0.3 is 0 Å². The summed E-state index contributed by atoms with van der Waals surface area (Å²) in [6, 6.07) is 2.66. The van der Waals surface area contributed by atoms with Gasteiger partial charge in [-0.1, -0.05) is 26.5 Å². The molecule has 164 valence electrons. The number of hydrogen-bond donors (Lipinski definition) is 1. The molecule has 0 aromatic carbocycles. The van der Waals surface area contributed by atoms with Crippen molar-refractivity contribution in [2.45, 2.75) is 52.6 Å². The molecular weight excluding hydrogens is 392 g/mol. The quantitative estimate of drug-likeness (QED) is 0.598. The van der Waals surface area contributed by atoms with Crippen molar-refractivity contribution in [2.75, 3.05) is 19.7 Å². The van der Waals surface area contributed by atoms with Gasteiger partial charge in [0.25, 0.3) is 5.56 Å². The average Bonchev–Trinajstić information content (AvgIpc) is 3.09. The standard InChI is InChI=1S/C23H30N6O2/c1-6-9-31-23-17(10-15(7-2)11-24-23)21-25-19-18(8-3)29(27-20(19)22(30)26-21)16-12-28(13-16)14(4)5/h7,10-11,14,16H,2,6,8-9,12-13H2,1,3-5H3,(H,25,26,30). The summed E-state index contributed by atoms with van der Waals surface area (Å²) in [6.45, 7) is 14.7. The molecule has 8 heteroatoms. The molecule has 0 unspecified atom stereocenters. The minimum absolute atomic E-state index is 0.251. The number of nitrogens with zero attached hydrogens (tertiary/aromatic N) is 5. The molecule has 3 aromatic rings. The van der Waals surface area contributed by atoms with Gasteiger partial charge < -0.3 is 9.72 Å². The number of likely N-dealkylation sites (tertiary alicyclic amines) is 1. The van der Waals surface area contributed by atoms with Gasteiger partial charge in [0, 0.05) is 25.3 Å². The summed E-state index contributed by atoms with van der Waals surface area (Å²) in [5.74, 6) is 0.887. The van der Waals surface area contributed by atoms with Crippen LogP contribution in [0.15, 0.2) is 23.6 Å². The third-order valence-electron chi connectivity index (χ3n) is 5.76. The molecule has 1 aliphatic rings. The number of ether oxygens (including phenoxy) is 1. The number of hydrogen-bond acceptors (Lipinski definition) is 6. The first-order chi connectivity index (χ1) is 15.0. The number of aromatic amines is 1. The monoisotopic (exact) mass is 422 g/mol. The number of aryl methyl sites for hydroxylation is 1. The van der Waals surface area contributed by atoms with Gasteiger partial charge in [-0.05, 0) is 38.3 Å². The first-order valence-electron chi connectivity index (χ1n) is 11.0. The summed E-state index contributed by atoms with van der Waals surface area (Å²) in [5.41, 5.74) is 3.24. The topological polar surface area (TPSA) is 88.9 Å². The number of fused-ring (bicyclic) bond motifs is 1. The molecule has 8 nitrogen and oxygen atoms in total. The van der Waals surface area contributed by atoms with Crippen LogP contribution in [0.1, 0.15) is 51.4 Å². The van der Waals surface area contributed by atoms with Crippen LogP contribution in [0, 0.1) is 0 Å². The van der Waals surface area contributed by atoms with Crippen LogP contribution in [0.2, 0.25) is 0 Å². The van der Waals surface area contributed by atoms with Crippen molar-refractivity contribution >= 4 is 17.1 Å². The average molecular weight is 423 g/mol. The maximum atomic E-state index is 13.0. The van der Waals surface area contributed by atoms with Crippen molar-refractivity contribution < 1.29 is 4.74 Å². The smallest absolute Gasteiger partial charge is 0.279 e. The van der Waals surface area contributed by atoms with Crippen LogP contribution in [0.5, 0.6) is 5.88 Å². The molecule has 0 saturated carbocycles. The molecule has 4 rings (SSSR count). The van der Waals surface area contributed by atoms with Gasteiger partial charge in [0.15, 0.2) is 5.52 Å². The van der Waals surface area contributed by atoms with Gasteiger partial charge in [-0.25, -0.2) is 9.97 Å². The van der Waals surface area contributed by atoms with Gasteiger partial charge in [0.05, 0.1) is 23.9 Å². The lowest BCUT2D eigenvalue weighted by Crippen LogP contribution is -2.51. The largest absolute Gasteiger partial charge is 0.477 e. The number of nitrogens with one attached hydrogen (secondary N) is 1. The molecule has 1 saturated heterocycles. The predicted octanol–water partition coefficient (Wildman–Crippen LogP) is 3.44. The van der Waals surface area contributed by atoms with E-state index in [4.69, 9.17) is 9.72 Å². The Hall–Kier alpha value is -3.00. The Morgan fingerprint density at radius 3 is 2.74 bits per heavy atom. The van der Waals surface area contributed by atoms with Gasteiger partial charge in [-0.3, -0.25) is 14.4 Å².